The molecule has 1 aromatic carbocycles. The first-order valence-corrected chi connectivity index (χ1v) is 9.71. The highest BCUT2D eigenvalue weighted by molar-refractivity contribution is 9.10. The van der Waals surface area contributed by atoms with Crippen molar-refractivity contribution in [3.63, 3.8) is 0 Å². The number of hydrogen-bond acceptors (Lipinski definition) is 4. The Morgan fingerprint density at radius 2 is 1.82 bits per heavy atom. The summed E-state index contributed by atoms with van der Waals surface area (Å²) in [4.78, 5) is 0.361. The van der Waals surface area contributed by atoms with Crippen molar-refractivity contribution in [2.45, 2.75) is 31.0 Å². The van der Waals surface area contributed by atoms with Crippen LogP contribution in [0, 0.1) is 12.8 Å². The van der Waals surface area contributed by atoms with Crippen LogP contribution in [0.15, 0.2) is 27.6 Å². The van der Waals surface area contributed by atoms with Crippen molar-refractivity contribution in [3.8, 4) is 0 Å². The minimum absolute atomic E-state index is 0.153. The topological polar surface area (TPSA) is 55.8 Å². The summed E-state index contributed by atoms with van der Waals surface area (Å²) in [5, 5.41) is 0. The Hall–Kier alpha value is -0.470. The van der Waals surface area contributed by atoms with E-state index in [1.54, 1.807) is 22.5 Å². The Kier molecular flexibility index (Phi) is 4.89. The molecule has 0 radical (unpaired) electrons. The van der Waals surface area contributed by atoms with Crippen molar-refractivity contribution in [2.24, 2.45) is 5.92 Å². The van der Waals surface area contributed by atoms with Crippen LogP contribution in [0.4, 0.5) is 0 Å². The maximum atomic E-state index is 12.7. The average Bonchev–Trinajstić information content (AvgIpc) is 3.04. The van der Waals surface area contributed by atoms with Gasteiger partial charge in [-0.2, -0.15) is 4.31 Å². The molecule has 0 spiro atoms. The van der Waals surface area contributed by atoms with Gasteiger partial charge in [-0.15, -0.1) is 0 Å². The lowest BCUT2D eigenvalue weighted by atomic mass is 9.98. The highest BCUT2D eigenvalue weighted by Crippen LogP contribution is 2.29. The van der Waals surface area contributed by atoms with Crippen LogP contribution in [0.3, 0.4) is 0 Å². The Morgan fingerprint density at radius 3 is 2.41 bits per heavy atom. The molecule has 2 aliphatic rings. The molecule has 122 valence electrons. The first-order chi connectivity index (χ1) is 10.5. The summed E-state index contributed by atoms with van der Waals surface area (Å²) in [5.74, 6) is 0.292. The summed E-state index contributed by atoms with van der Waals surface area (Å²) in [6.45, 7) is 4.21. The number of hydrogen-bond donors (Lipinski definition) is 0. The van der Waals surface area contributed by atoms with Gasteiger partial charge in [0, 0.05) is 23.5 Å². The maximum Gasteiger partial charge on any atom is 0.243 e. The second-order valence-electron chi connectivity index (χ2n) is 5.76. The van der Waals surface area contributed by atoms with Crippen molar-refractivity contribution in [1.82, 2.24) is 4.31 Å². The van der Waals surface area contributed by atoms with Gasteiger partial charge in [-0.3, -0.25) is 0 Å². The van der Waals surface area contributed by atoms with Crippen LogP contribution in [0.1, 0.15) is 18.4 Å². The molecule has 0 amide bonds. The van der Waals surface area contributed by atoms with Gasteiger partial charge in [0.25, 0.3) is 0 Å². The molecular weight excluding hydrogens is 370 g/mol. The largest absolute Gasteiger partial charge is 0.350 e. The Labute approximate surface area is 139 Å². The van der Waals surface area contributed by atoms with E-state index in [1.807, 2.05) is 6.92 Å². The van der Waals surface area contributed by atoms with E-state index in [4.69, 9.17) is 9.47 Å². The van der Waals surface area contributed by atoms with Crippen molar-refractivity contribution < 1.29 is 17.9 Å². The SMILES string of the molecule is Cc1cc(S(=O)(=O)N2CCC(C3OCCO3)CC2)ccc1Br. The van der Waals surface area contributed by atoms with Crippen LogP contribution in [0.25, 0.3) is 0 Å². The van der Waals surface area contributed by atoms with Crippen molar-refractivity contribution >= 4 is 26.0 Å². The van der Waals surface area contributed by atoms with Crippen LogP contribution < -0.4 is 0 Å². The van der Waals surface area contributed by atoms with Gasteiger partial charge in [-0.05, 0) is 43.5 Å². The van der Waals surface area contributed by atoms with E-state index in [0.29, 0.717) is 37.1 Å². The van der Waals surface area contributed by atoms with Gasteiger partial charge in [-0.1, -0.05) is 15.9 Å². The maximum absolute atomic E-state index is 12.7. The molecule has 22 heavy (non-hydrogen) atoms. The van der Waals surface area contributed by atoms with Gasteiger partial charge in [-0.25, -0.2) is 8.42 Å². The molecule has 2 saturated heterocycles. The average molecular weight is 390 g/mol. The minimum Gasteiger partial charge on any atom is -0.350 e. The number of sulfonamides is 1. The minimum atomic E-state index is -3.42. The van der Waals surface area contributed by atoms with E-state index in [-0.39, 0.29) is 6.29 Å². The number of nitrogens with zero attached hydrogens (tertiary/aromatic N) is 1. The van der Waals surface area contributed by atoms with Crippen LogP contribution >= 0.6 is 15.9 Å². The number of ether oxygens (including phenoxy) is 2. The van der Waals surface area contributed by atoms with Gasteiger partial charge in [0.15, 0.2) is 6.29 Å². The molecule has 2 fully saturated rings. The third-order valence-electron chi connectivity index (χ3n) is 4.30. The van der Waals surface area contributed by atoms with E-state index < -0.39 is 10.0 Å². The second-order valence-corrected chi connectivity index (χ2v) is 8.55. The molecule has 0 aromatic heterocycles. The normalized spacial score (nSPS) is 22.3. The summed E-state index contributed by atoms with van der Waals surface area (Å²) in [5.41, 5.74) is 0.920. The molecule has 0 bridgehead atoms. The first kappa shape index (κ1) is 16.4. The number of aryl methyl sites for hydroxylation is 1. The van der Waals surface area contributed by atoms with Crippen molar-refractivity contribution in [1.29, 1.82) is 0 Å². The van der Waals surface area contributed by atoms with Crippen LogP contribution in [-0.4, -0.2) is 45.3 Å². The first-order valence-electron chi connectivity index (χ1n) is 7.48. The van der Waals surface area contributed by atoms with Gasteiger partial charge in [0.1, 0.15) is 0 Å². The zero-order chi connectivity index (χ0) is 15.7. The third-order valence-corrected chi connectivity index (χ3v) is 7.08. The molecule has 0 aliphatic carbocycles. The third kappa shape index (κ3) is 3.23. The lowest BCUT2D eigenvalue weighted by molar-refractivity contribution is -0.0938. The number of piperidine rings is 1. The second kappa shape index (κ2) is 6.57. The highest BCUT2D eigenvalue weighted by atomic mass is 79.9. The monoisotopic (exact) mass is 389 g/mol. The van der Waals surface area contributed by atoms with Gasteiger partial charge < -0.3 is 9.47 Å². The van der Waals surface area contributed by atoms with E-state index in [1.165, 1.54) is 0 Å². The molecule has 0 N–H and O–H groups in total. The summed E-state index contributed by atoms with van der Waals surface area (Å²) >= 11 is 3.40. The summed E-state index contributed by atoms with van der Waals surface area (Å²) in [6.07, 6.45) is 1.40. The van der Waals surface area contributed by atoms with E-state index >= 15 is 0 Å². The Morgan fingerprint density at radius 1 is 1.18 bits per heavy atom. The fourth-order valence-electron chi connectivity index (χ4n) is 2.96. The smallest absolute Gasteiger partial charge is 0.243 e. The van der Waals surface area contributed by atoms with Gasteiger partial charge in [0.05, 0.1) is 18.1 Å². The highest BCUT2D eigenvalue weighted by Gasteiger charge is 2.34. The predicted octanol–water partition coefficient (Wildman–Crippen LogP) is 2.53. The molecule has 2 aliphatic heterocycles. The van der Waals surface area contributed by atoms with Gasteiger partial charge >= 0.3 is 0 Å². The number of rotatable bonds is 3. The Bertz CT molecular complexity index is 635. The van der Waals surface area contributed by atoms with Crippen LogP contribution in [-0.2, 0) is 19.5 Å². The number of halogens is 1. The quantitative estimate of drug-likeness (QED) is 0.796. The molecule has 2 heterocycles. The fraction of sp³-hybridized carbons (Fsp3) is 0.600. The van der Waals surface area contributed by atoms with Crippen LogP contribution in [0.2, 0.25) is 0 Å². The lowest BCUT2D eigenvalue weighted by Crippen LogP contribution is -2.41. The fourth-order valence-corrected chi connectivity index (χ4v) is 4.77. The molecule has 0 unspecified atom stereocenters. The van der Waals surface area contributed by atoms with Crippen LogP contribution in [0.5, 0.6) is 0 Å². The van der Waals surface area contributed by atoms with E-state index in [2.05, 4.69) is 15.9 Å². The lowest BCUT2D eigenvalue weighted by Gasteiger charge is -2.33. The van der Waals surface area contributed by atoms with E-state index in [0.717, 1.165) is 22.9 Å². The molecule has 5 nitrogen and oxygen atoms in total. The zero-order valence-electron chi connectivity index (χ0n) is 12.5. The molecule has 7 heteroatoms. The number of benzene rings is 1. The molecule has 3 rings (SSSR count). The summed E-state index contributed by atoms with van der Waals surface area (Å²) in [7, 11) is -3.42. The Balaban J connectivity index is 1.70. The zero-order valence-corrected chi connectivity index (χ0v) is 14.9. The molecular formula is C15H20BrNO4S. The molecule has 0 atom stereocenters. The predicted molar refractivity (Wildman–Crippen MR) is 86.1 cm³/mol. The van der Waals surface area contributed by atoms with Crippen molar-refractivity contribution in [2.75, 3.05) is 26.3 Å². The van der Waals surface area contributed by atoms with Gasteiger partial charge in [0.2, 0.25) is 10.0 Å². The molecule has 0 saturated carbocycles. The van der Waals surface area contributed by atoms with E-state index in [9.17, 15) is 8.42 Å². The summed E-state index contributed by atoms with van der Waals surface area (Å²) in [6, 6.07) is 5.16. The standard InChI is InChI=1S/C15H20BrNO4S/c1-11-10-13(2-3-14(11)16)22(18,19)17-6-4-12(5-7-17)15-20-8-9-21-15/h2-3,10,12,15H,4-9H2,1H3. The van der Waals surface area contributed by atoms with Crippen molar-refractivity contribution in [3.05, 3.63) is 28.2 Å². The molecule has 1 aromatic rings. The summed E-state index contributed by atoms with van der Waals surface area (Å²) < 4.78 is 39.0.